The van der Waals surface area contributed by atoms with E-state index in [1.165, 1.54) is 0 Å². The van der Waals surface area contributed by atoms with Crippen molar-refractivity contribution in [2.45, 2.75) is 12.8 Å². The van der Waals surface area contributed by atoms with Gasteiger partial charge in [0.2, 0.25) is 12.3 Å². The lowest BCUT2D eigenvalue weighted by atomic mass is 10.1. The van der Waals surface area contributed by atoms with Gasteiger partial charge in [0.1, 0.15) is 11.6 Å². The van der Waals surface area contributed by atoms with Gasteiger partial charge in [-0.2, -0.15) is 0 Å². The molecule has 1 aliphatic heterocycles. The summed E-state index contributed by atoms with van der Waals surface area (Å²) in [6.07, 6.45) is 5.72. The van der Waals surface area contributed by atoms with Crippen molar-refractivity contribution in [3.8, 4) is 22.9 Å². The number of aryl methyl sites for hydroxylation is 1. The number of hydrogen-bond donors (Lipinski definition) is 0. The molecule has 3 heterocycles. The highest BCUT2D eigenvalue weighted by molar-refractivity contribution is 5.62. The van der Waals surface area contributed by atoms with E-state index in [4.69, 9.17) is 9.72 Å². The number of benzene rings is 1. The van der Waals surface area contributed by atoms with Crippen molar-refractivity contribution in [2.24, 2.45) is 0 Å². The van der Waals surface area contributed by atoms with E-state index < -0.39 is 0 Å². The highest BCUT2D eigenvalue weighted by atomic mass is 16.5. The molecule has 0 atom stereocenters. The van der Waals surface area contributed by atoms with E-state index in [9.17, 15) is 4.79 Å². The summed E-state index contributed by atoms with van der Waals surface area (Å²) in [4.78, 5) is 30.6. The van der Waals surface area contributed by atoms with E-state index in [0.29, 0.717) is 18.2 Å². The molecule has 0 unspecified atom stereocenters. The lowest BCUT2D eigenvalue weighted by Gasteiger charge is -2.33. The predicted molar refractivity (Wildman–Crippen MR) is 129 cm³/mol. The van der Waals surface area contributed by atoms with Crippen LogP contribution < -0.4 is 9.64 Å². The minimum absolute atomic E-state index is 0.458. The highest BCUT2D eigenvalue weighted by Gasteiger charge is 2.15. The van der Waals surface area contributed by atoms with E-state index in [1.54, 1.807) is 24.3 Å². The molecule has 1 aliphatic rings. The fourth-order valence-electron chi connectivity index (χ4n) is 3.73. The van der Waals surface area contributed by atoms with Crippen molar-refractivity contribution in [1.29, 1.82) is 0 Å². The molecule has 0 radical (unpaired) electrons. The van der Waals surface area contributed by atoms with Gasteiger partial charge in [-0.3, -0.25) is 9.78 Å². The summed E-state index contributed by atoms with van der Waals surface area (Å²) in [5.41, 5.74) is 2.82. The van der Waals surface area contributed by atoms with E-state index in [0.717, 1.165) is 68.2 Å². The summed E-state index contributed by atoms with van der Waals surface area (Å²) < 4.78 is 5.91. The zero-order chi connectivity index (χ0) is 23.0. The van der Waals surface area contributed by atoms with Crippen molar-refractivity contribution in [3.05, 3.63) is 60.6 Å². The molecule has 2 aromatic heterocycles. The third-order valence-electron chi connectivity index (χ3n) is 5.72. The quantitative estimate of drug-likeness (QED) is 0.468. The molecule has 0 bridgehead atoms. The number of ether oxygens (including phenoxy) is 1. The molecular formula is C25H30N6O2. The van der Waals surface area contributed by atoms with Gasteiger partial charge >= 0.3 is 0 Å². The third kappa shape index (κ3) is 6.26. The van der Waals surface area contributed by atoms with Crippen molar-refractivity contribution < 1.29 is 9.53 Å². The maximum Gasteiger partial charge on any atom is 0.238 e. The molecule has 0 N–H and O–H groups in total. The van der Waals surface area contributed by atoms with Gasteiger partial charge < -0.3 is 19.4 Å². The number of hydrogen-bond acceptors (Lipinski definition) is 7. The average Bonchev–Trinajstić information content (AvgIpc) is 2.85. The Morgan fingerprint density at radius 2 is 1.82 bits per heavy atom. The number of likely N-dealkylation sites (N-methyl/N-ethyl adjacent to an activating group) is 1. The van der Waals surface area contributed by atoms with E-state index in [-0.39, 0.29) is 0 Å². The Labute approximate surface area is 194 Å². The molecular weight excluding hydrogens is 416 g/mol. The molecule has 8 heteroatoms. The molecule has 1 amide bonds. The van der Waals surface area contributed by atoms with Gasteiger partial charge in [0, 0.05) is 51.5 Å². The van der Waals surface area contributed by atoms with Crippen LogP contribution in [0.5, 0.6) is 11.6 Å². The van der Waals surface area contributed by atoms with Gasteiger partial charge in [0.25, 0.3) is 0 Å². The standard InChI is InChI=1S/C25H30N6O2/c1-29-13-15-31(16-14-29)24-7-3-6-23(28-24)20-8-10-22(11-9-20)33-25-18-26-17-21(27-25)5-4-12-30(2)19-32/h3,6-11,17-19H,4-5,12-16H2,1-2H3. The SMILES string of the molecule is CN(C=O)CCCc1cncc(Oc2ccc(-c3cccc(N4CCN(C)CC4)n3)cc2)n1. The van der Waals surface area contributed by atoms with Crippen LogP contribution in [-0.4, -0.2) is 78.0 Å². The number of carbonyl (C=O) groups excluding carboxylic acids is 1. The summed E-state index contributed by atoms with van der Waals surface area (Å²) in [6, 6.07) is 14.0. The maximum absolute atomic E-state index is 10.7. The first-order chi connectivity index (χ1) is 16.1. The third-order valence-corrected chi connectivity index (χ3v) is 5.72. The van der Waals surface area contributed by atoms with Crippen LogP contribution >= 0.6 is 0 Å². The second-order valence-electron chi connectivity index (χ2n) is 8.34. The molecule has 1 fully saturated rings. The Balaban J connectivity index is 1.38. The van der Waals surface area contributed by atoms with E-state index >= 15 is 0 Å². The minimum atomic E-state index is 0.458. The molecule has 4 rings (SSSR count). The Morgan fingerprint density at radius 3 is 2.58 bits per heavy atom. The normalized spacial score (nSPS) is 14.2. The molecule has 3 aromatic rings. The molecule has 172 valence electrons. The Hall–Kier alpha value is -3.52. The number of nitrogens with zero attached hydrogens (tertiary/aromatic N) is 6. The number of pyridine rings is 1. The number of carbonyl (C=O) groups is 1. The molecule has 1 saturated heterocycles. The van der Waals surface area contributed by atoms with Gasteiger partial charge in [-0.05, 0) is 56.3 Å². The number of anilines is 1. The summed E-state index contributed by atoms with van der Waals surface area (Å²) >= 11 is 0. The van der Waals surface area contributed by atoms with E-state index in [2.05, 4.69) is 38.9 Å². The highest BCUT2D eigenvalue weighted by Crippen LogP contribution is 2.25. The van der Waals surface area contributed by atoms with Gasteiger partial charge in [-0.15, -0.1) is 0 Å². The lowest BCUT2D eigenvalue weighted by Crippen LogP contribution is -2.44. The zero-order valence-electron chi connectivity index (χ0n) is 19.2. The number of amides is 1. The van der Waals surface area contributed by atoms with Crippen molar-refractivity contribution in [1.82, 2.24) is 24.8 Å². The first-order valence-corrected chi connectivity index (χ1v) is 11.3. The smallest absolute Gasteiger partial charge is 0.238 e. The number of aromatic nitrogens is 3. The summed E-state index contributed by atoms with van der Waals surface area (Å²) in [7, 11) is 3.92. The molecule has 1 aromatic carbocycles. The second kappa shape index (κ2) is 10.9. The maximum atomic E-state index is 10.7. The van der Waals surface area contributed by atoms with E-state index in [1.807, 2.05) is 30.3 Å². The van der Waals surface area contributed by atoms with Crippen LogP contribution in [0.4, 0.5) is 5.82 Å². The molecule has 8 nitrogen and oxygen atoms in total. The van der Waals surface area contributed by atoms with Crippen LogP contribution in [0.25, 0.3) is 11.3 Å². The van der Waals surface area contributed by atoms with Crippen LogP contribution in [0.2, 0.25) is 0 Å². The first-order valence-electron chi connectivity index (χ1n) is 11.3. The van der Waals surface area contributed by atoms with Crippen molar-refractivity contribution in [3.63, 3.8) is 0 Å². The predicted octanol–water partition coefficient (Wildman–Crippen LogP) is 3.10. The lowest BCUT2D eigenvalue weighted by molar-refractivity contribution is -0.117. The van der Waals surface area contributed by atoms with Crippen LogP contribution in [-0.2, 0) is 11.2 Å². The van der Waals surface area contributed by atoms with Crippen LogP contribution in [0.3, 0.4) is 0 Å². The Kier molecular flexibility index (Phi) is 7.47. The second-order valence-corrected chi connectivity index (χ2v) is 8.34. The minimum Gasteiger partial charge on any atom is -0.437 e. The molecule has 0 saturated carbocycles. The Bertz CT molecular complexity index is 1050. The average molecular weight is 447 g/mol. The van der Waals surface area contributed by atoms with Crippen LogP contribution in [0.1, 0.15) is 12.1 Å². The Morgan fingerprint density at radius 1 is 1.03 bits per heavy atom. The van der Waals surface area contributed by atoms with Crippen molar-refractivity contribution >= 4 is 12.2 Å². The van der Waals surface area contributed by atoms with Gasteiger partial charge in [-0.25, -0.2) is 9.97 Å². The van der Waals surface area contributed by atoms with Crippen molar-refractivity contribution in [2.75, 3.05) is 51.7 Å². The van der Waals surface area contributed by atoms with Crippen LogP contribution in [0, 0.1) is 0 Å². The topological polar surface area (TPSA) is 74.7 Å². The largest absolute Gasteiger partial charge is 0.437 e. The number of piperazine rings is 1. The summed E-state index contributed by atoms with van der Waals surface area (Å²) in [5, 5.41) is 0. The molecule has 33 heavy (non-hydrogen) atoms. The monoisotopic (exact) mass is 446 g/mol. The summed E-state index contributed by atoms with van der Waals surface area (Å²) in [5.74, 6) is 2.17. The fraction of sp³-hybridized carbons (Fsp3) is 0.360. The molecule has 0 aliphatic carbocycles. The van der Waals surface area contributed by atoms with Gasteiger partial charge in [0.15, 0.2) is 0 Å². The van der Waals surface area contributed by atoms with Gasteiger partial charge in [0.05, 0.1) is 17.6 Å². The molecule has 0 spiro atoms. The first kappa shape index (κ1) is 22.7. The van der Waals surface area contributed by atoms with Gasteiger partial charge in [-0.1, -0.05) is 6.07 Å². The van der Waals surface area contributed by atoms with Crippen LogP contribution in [0.15, 0.2) is 54.9 Å². The fourth-order valence-corrected chi connectivity index (χ4v) is 3.73. The number of rotatable bonds is 9. The zero-order valence-corrected chi connectivity index (χ0v) is 19.2. The summed E-state index contributed by atoms with van der Waals surface area (Å²) in [6.45, 7) is 4.78.